The Labute approximate surface area is 119 Å². The molecule has 1 N–H and O–H groups in total. The normalized spacial score (nSPS) is 13.2. The number of halogens is 1. The highest BCUT2D eigenvalue weighted by Gasteiger charge is 2.19. The van der Waals surface area contributed by atoms with E-state index in [1.54, 1.807) is 13.2 Å². The molecule has 0 spiro atoms. The Hall–Kier alpha value is -0.860. The minimum Gasteiger partial charge on any atom is -0.350 e. The van der Waals surface area contributed by atoms with Crippen molar-refractivity contribution in [3.63, 3.8) is 0 Å². The molecule has 0 aliphatic rings. The number of nitrogens with one attached hydrogen (secondary N) is 1. The summed E-state index contributed by atoms with van der Waals surface area (Å²) in [5.41, 5.74) is 0.212. The van der Waals surface area contributed by atoms with Gasteiger partial charge in [0, 0.05) is 52.8 Å². The second-order valence-electron chi connectivity index (χ2n) is 3.82. The zero-order chi connectivity index (χ0) is 14.6. The van der Waals surface area contributed by atoms with Crippen LogP contribution in [-0.4, -0.2) is 41.7 Å². The minimum absolute atomic E-state index is 0.111. The molecule has 0 saturated heterocycles. The van der Waals surface area contributed by atoms with Gasteiger partial charge in [-0.1, -0.05) is 0 Å². The van der Waals surface area contributed by atoms with Gasteiger partial charge in [-0.05, 0) is 13.0 Å². The van der Waals surface area contributed by atoms with E-state index in [1.807, 2.05) is 0 Å². The highest BCUT2D eigenvalue weighted by atomic mass is 35.7. The first-order chi connectivity index (χ1) is 8.75. The quantitative estimate of drug-likeness (QED) is 0.773. The molecule has 1 atom stereocenters. The van der Waals surface area contributed by atoms with Crippen LogP contribution in [0.2, 0.25) is 0 Å². The van der Waals surface area contributed by atoms with Crippen molar-refractivity contribution >= 4 is 36.4 Å². The van der Waals surface area contributed by atoms with Gasteiger partial charge in [0.1, 0.15) is 10.6 Å². The fourth-order valence-electron chi connectivity index (χ4n) is 1.47. The highest BCUT2D eigenvalue weighted by molar-refractivity contribution is 8.13. The SMILES string of the molecule is CCn1cc(S(=O)(=O)Cl)cc1C(=O)NCCS(C)=O. The summed E-state index contributed by atoms with van der Waals surface area (Å²) in [6.45, 7) is 2.48. The number of nitrogens with zero attached hydrogens (tertiary/aromatic N) is 1. The summed E-state index contributed by atoms with van der Waals surface area (Å²) in [6, 6.07) is 1.23. The number of amides is 1. The molecule has 1 unspecified atom stereocenters. The highest BCUT2D eigenvalue weighted by Crippen LogP contribution is 2.18. The lowest BCUT2D eigenvalue weighted by molar-refractivity contribution is 0.0947. The van der Waals surface area contributed by atoms with Gasteiger partial charge in [0.25, 0.3) is 15.0 Å². The molecule has 0 bridgehead atoms. The molecule has 0 aliphatic heterocycles. The third kappa shape index (κ3) is 4.63. The van der Waals surface area contributed by atoms with Crippen LogP contribution >= 0.6 is 10.7 Å². The Kier molecular flexibility index (Phi) is 5.57. The fraction of sp³-hybridized carbons (Fsp3) is 0.500. The lowest BCUT2D eigenvalue weighted by Crippen LogP contribution is -2.29. The maximum atomic E-state index is 11.9. The standard InChI is InChI=1S/C10H15ClN2O4S2/c1-3-13-7-8(19(11,16)17)6-9(13)10(14)12-4-5-18(2)15/h6-7H,3-5H2,1-2H3,(H,12,14). The van der Waals surface area contributed by atoms with E-state index in [4.69, 9.17) is 10.7 Å². The van der Waals surface area contributed by atoms with Crippen LogP contribution in [0.15, 0.2) is 17.2 Å². The lowest BCUT2D eigenvalue weighted by Gasteiger charge is -2.06. The average molecular weight is 327 g/mol. The monoisotopic (exact) mass is 326 g/mol. The van der Waals surface area contributed by atoms with Crippen LogP contribution in [0.1, 0.15) is 17.4 Å². The number of hydrogen-bond donors (Lipinski definition) is 1. The van der Waals surface area contributed by atoms with Crippen LogP contribution in [0.5, 0.6) is 0 Å². The molecule has 0 fully saturated rings. The molecule has 19 heavy (non-hydrogen) atoms. The predicted octanol–water partition coefficient (Wildman–Crippen LogP) is 0.544. The summed E-state index contributed by atoms with van der Waals surface area (Å²) in [7, 11) is 0.386. The Morgan fingerprint density at radius 2 is 2.16 bits per heavy atom. The zero-order valence-corrected chi connectivity index (χ0v) is 12.9. The van der Waals surface area contributed by atoms with Crippen molar-refractivity contribution in [3.8, 4) is 0 Å². The number of carbonyl (C=O) groups is 1. The smallest absolute Gasteiger partial charge is 0.267 e. The van der Waals surface area contributed by atoms with Crippen LogP contribution < -0.4 is 5.32 Å². The second kappa shape index (κ2) is 6.53. The van der Waals surface area contributed by atoms with Gasteiger partial charge in [0.2, 0.25) is 0 Å². The van der Waals surface area contributed by atoms with Crippen molar-refractivity contribution in [2.45, 2.75) is 18.4 Å². The molecule has 0 radical (unpaired) electrons. The van der Waals surface area contributed by atoms with Crippen LogP contribution in [0.25, 0.3) is 0 Å². The van der Waals surface area contributed by atoms with Crippen molar-refractivity contribution in [2.24, 2.45) is 0 Å². The van der Waals surface area contributed by atoms with Gasteiger partial charge < -0.3 is 9.88 Å². The van der Waals surface area contributed by atoms with Gasteiger partial charge in [0.15, 0.2) is 0 Å². The molecule has 1 amide bonds. The third-order valence-corrected chi connectivity index (χ3v) is 4.50. The maximum absolute atomic E-state index is 11.9. The van der Waals surface area contributed by atoms with E-state index in [1.165, 1.54) is 16.8 Å². The van der Waals surface area contributed by atoms with Crippen LogP contribution in [0.3, 0.4) is 0 Å². The van der Waals surface area contributed by atoms with E-state index in [0.717, 1.165) is 0 Å². The average Bonchev–Trinajstić information content (AvgIpc) is 2.71. The fourth-order valence-corrected chi connectivity index (χ4v) is 2.62. The van der Waals surface area contributed by atoms with Gasteiger partial charge in [0.05, 0.1) is 0 Å². The molecular weight excluding hydrogens is 312 g/mol. The number of carbonyl (C=O) groups excluding carboxylic acids is 1. The zero-order valence-electron chi connectivity index (χ0n) is 10.6. The lowest BCUT2D eigenvalue weighted by atomic mass is 10.4. The minimum atomic E-state index is -3.86. The van der Waals surface area contributed by atoms with E-state index in [9.17, 15) is 17.4 Å². The van der Waals surface area contributed by atoms with E-state index >= 15 is 0 Å². The van der Waals surface area contributed by atoms with Crippen molar-refractivity contribution in [1.29, 1.82) is 0 Å². The van der Waals surface area contributed by atoms with E-state index in [0.29, 0.717) is 12.3 Å². The van der Waals surface area contributed by atoms with Gasteiger partial charge in [-0.3, -0.25) is 9.00 Å². The van der Waals surface area contributed by atoms with Crippen LogP contribution in [0.4, 0.5) is 0 Å². The number of aryl methyl sites for hydroxylation is 1. The van der Waals surface area contributed by atoms with Gasteiger partial charge in [-0.25, -0.2) is 8.42 Å². The summed E-state index contributed by atoms with van der Waals surface area (Å²) < 4.78 is 34.8. The second-order valence-corrected chi connectivity index (χ2v) is 7.94. The van der Waals surface area contributed by atoms with Gasteiger partial charge >= 0.3 is 0 Å². The first-order valence-corrected chi connectivity index (χ1v) is 9.52. The number of aromatic nitrogens is 1. The third-order valence-electron chi connectivity index (χ3n) is 2.40. The van der Waals surface area contributed by atoms with Crippen molar-refractivity contribution < 1.29 is 17.4 Å². The number of rotatable bonds is 6. The molecule has 9 heteroatoms. The molecule has 0 aliphatic carbocycles. The Bertz CT molecular complexity index is 595. The van der Waals surface area contributed by atoms with E-state index in [2.05, 4.69) is 5.32 Å². The molecule has 1 rings (SSSR count). The van der Waals surface area contributed by atoms with Crippen molar-refractivity contribution in [1.82, 2.24) is 9.88 Å². The van der Waals surface area contributed by atoms with Crippen molar-refractivity contribution in [3.05, 3.63) is 18.0 Å². The molecule has 1 aromatic heterocycles. The molecule has 0 saturated carbocycles. The Balaban J connectivity index is 2.90. The van der Waals surface area contributed by atoms with Gasteiger partial charge in [-0.2, -0.15) is 0 Å². The molecule has 108 valence electrons. The molecular formula is C10H15ClN2O4S2. The summed E-state index contributed by atoms with van der Waals surface area (Å²) in [5.74, 6) is -0.0713. The largest absolute Gasteiger partial charge is 0.350 e. The molecule has 6 nitrogen and oxygen atoms in total. The van der Waals surface area contributed by atoms with Crippen LogP contribution in [-0.2, 0) is 26.4 Å². The summed E-state index contributed by atoms with van der Waals surface area (Å²) in [4.78, 5) is 11.8. The first kappa shape index (κ1) is 16.2. The molecule has 1 heterocycles. The topological polar surface area (TPSA) is 85.2 Å². The van der Waals surface area contributed by atoms with E-state index in [-0.39, 0.29) is 17.1 Å². The van der Waals surface area contributed by atoms with Crippen molar-refractivity contribution in [2.75, 3.05) is 18.6 Å². The summed E-state index contributed by atoms with van der Waals surface area (Å²) >= 11 is 0. The Morgan fingerprint density at radius 3 is 2.63 bits per heavy atom. The molecule has 0 aromatic carbocycles. The summed E-state index contributed by atoms with van der Waals surface area (Å²) in [5, 5.41) is 2.58. The van der Waals surface area contributed by atoms with Crippen LogP contribution in [0, 0.1) is 0 Å². The predicted molar refractivity (Wildman–Crippen MR) is 74.4 cm³/mol. The maximum Gasteiger partial charge on any atom is 0.267 e. The molecule has 1 aromatic rings. The first-order valence-electron chi connectivity index (χ1n) is 5.48. The van der Waals surface area contributed by atoms with Gasteiger partial charge in [-0.15, -0.1) is 0 Å². The number of hydrogen-bond acceptors (Lipinski definition) is 4. The summed E-state index contributed by atoms with van der Waals surface area (Å²) in [6.07, 6.45) is 2.86. The van der Waals surface area contributed by atoms with E-state index < -0.39 is 25.8 Å². The Morgan fingerprint density at radius 1 is 1.53 bits per heavy atom.